The van der Waals surface area contributed by atoms with Gasteiger partial charge >= 0.3 is 0 Å². The first-order valence-electron chi connectivity index (χ1n) is 10.2. The largest absolute Gasteiger partial charge is 0.496 e. The highest BCUT2D eigenvalue weighted by atomic mass is 35.5. The van der Waals surface area contributed by atoms with Gasteiger partial charge in [0.25, 0.3) is 0 Å². The molecule has 0 saturated carbocycles. The Kier molecular flexibility index (Phi) is 6.14. The van der Waals surface area contributed by atoms with Crippen molar-refractivity contribution in [3.05, 3.63) is 53.1 Å². The summed E-state index contributed by atoms with van der Waals surface area (Å²) in [6.07, 6.45) is 1.40. The van der Waals surface area contributed by atoms with Crippen LogP contribution in [-0.2, 0) is 11.3 Å². The lowest BCUT2D eigenvalue weighted by atomic mass is 9.88. The molecule has 1 fully saturated rings. The number of primary amides is 1. The van der Waals surface area contributed by atoms with E-state index in [2.05, 4.69) is 20.6 Å². The van der Waals surface area contributed by atoms with Crippen molar-refractivity contribution in [1.29, 1.82) is 0 Å². The number of nitrogens with zero attached hydrogens (tertiary/aromatic N) is 3. The molecule has 0 bridgehead atoms. The lowest BCUT2D eigenvalue weighted by Crippen LogP contribution is -2.74. The number of carbonyl (C=O) groups is 1. The van der Waals surface area contributed by atoms with Crippen LogP contribution in [0.5, 0.6) is 5.75 Å². The van der Waals surface area contributed by atoms with E-state index in [9.17, 15) is 9.18 Å². The third-order valence-corrected chi connectivity index (χ3v) is 6.18. The number of anilines is 2. The number of benzene rings is 2. The van der Waals surface area contributed by atoms with Crippen LogP contribution in [0, 0.1) is 5.82 Å². The van der Waals surface area contributed by atoms with Crippen molar-refractivity contribution >= 4 is 39.9 Å². The van der Waals surface area contributed by atoms with Crippen molar-refractivity contribution in [2.75, 3.05) is 32.1 Å². The Labute approximate surface area is 189 Å². The zero-order valence-electron chi connectivity index (χ0n) is 17.8. The summed E-state index contributed by atoms with van der Waals surface area (Å²) in [7, 11) is 1.58. The number of carbonyl (C=O) groups excluding carboxylic acids is 1. The molecule has 1 aliphatic rings. The number of hydrogen-bond acceptors (Lipinski definition) is 7. The summed E-state index contributed by atoms with van der Waals surface area (Å²) in [5, 5.41) is 6.84. The third-order valence-electron chi connectivity index (χ3n) is 5.88. The summed E-state index contributed by atoms with van der Waals surface area (Å²) in [5.41, 5.74) is 6.66. The maximum absolute atomic E-state index is 14.4. The van der Waals surface area contributed by atoms with E-state index in [1.807, 2.05) is 17.9 Å². The van der Waals surface area contributed by atoms with Crippen LogP contribution in [0.1, 0.15) is 12.5 Å². The zero-order chi connectivity index (χ0) is 22.9. The third kappa shape index (κ3) is 3.83. The lowest BCUT2D eigenvalue weighted by Gasteiger charge is -2.48. The van der Waals surface area contributed by atoms with Gasteiger partial charge in [0, 0.05) is 36.7 Å². The monoisotopic (exact) mass is 458 g/mol. The highest BCUT2D eigenvalue weighted by molar-refractivity contribution is 6.31. The lowest BCUT2D eigenvalue weighted by molar-refractivity contribution is -0.134. The number of amides is 1. The first kappa shape index (κ1) is 22.2. The number of nitrogens with two attached hydrogens (primary N) is 1. The molecule has 2 heterocycles. The predicted octanol–water partition coefficient (Wildman–Crippen LogP) is 2.82. The molecule has 32 heavy (non-hydrogen) atoms. The molecule has 4 rings (SSSR count). The number of likely N-dealkylation sites (N-methyl/N-ethyl adjacent to an activating group) is 1. The molecule has 1 saturated heterocycles. The van der Waals surface area contributed by atoms with Crippen molar-refractivity contribution in [3.8, 4) is 5.75 Å². The van der Waals surface area contributed by atoms with Crippen LogP contribution < -0.4 is 21.1 Å². The number of aromatic nitrogens is 2. The molecular formula is C22H24ClFN6O2. The average molecular weight is 459 g/mol. The van der Waals surface area contributed by atoms with E-state index in [-0.39, 0.29) is 16.6 Å². The molecular weight excluding hydrogens is 435 g/mol. The van der Waals surface area contributed by atoms with E-state index in [0.29, 0.717) is 48.6 Å². The highest BCUT2D eigenvalue weighted by Gasteiger charge is 2.47. The molecule has 0 atom stereocenters. The van der Waals surface area contributed by atoms with Crippen molar-refractivity contribution in [3.63, 3.8) is 0 Å². The van der Waals surface area contributed by atoms with E-state index >= 15 is 0 Å². The number of ether oxygens (including phenoxy) is 1. The SMILES string of the molecule is CCN(Cc1cc2c(Nc3cccc(Cl)c3F)ncnc2cc1OC)C1(C(N)=O)CNC1. The van der Waals surface area contributed by atoms with Gasteiger partial charge in [-0.15, -0.1) is 0 Å². The smallest absolute Gasteiger partial charge is 0.240 e. The van der Waals surface area contributed by atoms with Crippen molar-refractivity contribution in [2.24, 2.45) is 5.73 Å². The van der Waals surface area contributed by atoms with Gasteiger partial charge in [-0.1, -0.05) is 24.6 Å². The molecule has 2 aromatic carbocycles. The molecule has 3 aromatic rings. The molecule has 1 aliphatic heterocycles. The number of halogens is 2. The zero-order valence-corrected chi connectivity index (χ0v) is 18.5. The maximum atomic E-state index is 14.4. The van der Waals surface area contributed by atoms with Gasteiger partial charge in [-0.2, -0.15) is 0 Å². The number of rotatable bonds is 8. The molecule has 10 heteroatoms. The Morgan fingerprint density at radius 2 is 2.16 bits per heavy atom. The van der Waals surface area contributed by atoms with Gasteiger partial charge in [0.05, 0.1) is 23.3 Å². The fourth-order valence-electron chi connectivity index (χ4n) is 3.96. The molecule has 0 spiro atoms. The average Bonchev–Trinajstić information content (AvgIpc) is 2.75. The van der Waals surface area contributed by atoms with Crippen LogP contribution in [0.25, 0.3) is 10.9 Å². The van der Waals surface area contributed by atoms with Crippen molar-refractivity contribution in [1.82, 2.24) is 20.2 Å². The molecule has 8 nitrogen and oxygen atoms in total. The molecule has 0 aliphatic carbocycles. The van der Waals surface area contributed by atoms with Crippen LogP contribution in [-0.4, -0.2) is 53.1 Å². The second-order valence-corrected chi connectivity index (χ2v) is 8.05. The van der Waals surface area contributed by atoms with Crippen LogP contribution >= 0.6 is 11.6 Å². The second-order valence-electron chi connectivity index (χ2n) is 7.64. The first-order chi connectivity index (χ1) is 15.4. The first-order valence-corrected chi connectivity index (χ1v) is 10.6. The summed E-state index contributed by atoms with van der Waals surface area (Å²) < 4.78 is 20.0. The fourth-order valence-corrected chi connectivity index (χ4v) is 4.13. The van der Waals surface area contributed by atoms with Crippen LogP contribution in [0.2, 0.25) is 5.02 Å². The van der Waals surface area contributed by atoms with Gasteiger partial charge in [0.15, 0.2) is 5.82 Å². The quantitative estimate of drug-likeness (QED) is 0.476. The van der Waals surface area contributed by atoms with Gasteiger partial charge in [0.2, 0.25) is 5.91 Å². The van der Waals surface area contributed by atoms with E-state index in [1.54, 1.807) is 25.3 Å². The van der Waals surface area contributed by atoms with Crippen molar-refractivity contribution < 1.29 is 13.9 Å². The Morgan fingerprint density at radius 3 is 2.78 bits per heavy atom. The summed E-state index contributed by atoms with van der Waals surface area (Å²) in [6.45, 7) is 4.02. The molecule has 0 unspecified atom stereocenters. The van der Waals surface area contributed by atoms with Gasteiger partial charge in [0.1, 0.15) is 23.4 Å². The predicted molar refractivity (Wildman–Crippen MR) is 122 cm³/mol. The summed E-state index contributed by atoms with van der Waals surface area (Å²) >= 11 is 5.91. The number of fused-ring (bicyclic) bond motifs is 1. The highest BCUT2D eigenvalue weighted by Crippen LogP contribution is 2.33. The second kappa shape index (κ2) is 8.85. The van der Waals surface area contributed by atoms with Gasteiger partial charge in [-0.3, -0.25) is 9.69 Å². The Bertz CT molecular complexity index is 1170. The Morgan fingerprint density at radius 1 is 1.38 bits per heavy atom. The summed E-state index contributed by atoms with van der Waals surface area (Å²) in [4.78, 5) is 22.9. The molecule has 0 radical (unpaired) electrons. The number of methoxy groups -OCH3 is 1. The summed E-state index contributed by atoms with van der Waals surface area (Å²) in [6, 6.07) is 8.41. The number of nitrogens with one attached hydrogen (secondary N) is 2. The standard InChI is InChI=1S/C22H24ClFN6O2/c1-3-30(22(21(25)31)10-26-11-22)9-13-7-14-17(8-18(13)32-2)27-12-28-20(14)29-16-6-4-5-15(23)19(16)24/h4-8,12,26H,3,9-11H2,1-2H3,(H2,25,31)(H,27,28,29). The normalized spacial score (nSPS) is 14.9. The van der Waals surface area contributed by atoms with Gasteiger partial charge in [-0.05, 0) is 24.7 Å². The Balaban J connectivity index is 1.75. The minimum Gasteiger partial charge on any atom is -0.496 e. The van der Waals surface area contributed by atoms with E-state index in [1.165, 1.54) is 12.4 Å². The van der Waals surface area contributed by atoms with Gasteiger partial charge in [-0.25, -0.2) is 14.4 Å². The maximum Gasteiger partial charge on any atom is 0.240 e. The molecule has 4 N–H and O–H groups in total. The van der Waals surface area contributed by atoms with Crippen molar-refractivity contribution in [2.45, 2.75) is 19.0 Å². The minimum absolute atomic E-state index is 0.0140. The van der Waals surface area contributed by atoms with Crippen LogP contribution in [0.4, 0.5) is 15.9 Å². The number of hydrogen-bond donors (Lipinski definition) is 3. The fraction of sp³-hybridized carbons (Fsp3) is 0.318. The van der Waals surface area contributed by atoms with E-state index in [4.69, 9.17) is 22.1 Å². The van der Waals surface area contributed by atoms with Crippen LogP contribution in [0.15, 0.2) is 36.7 Å². The van der Waals surface area contributed by atoms with Crippen LogP contribution in [0.3, 0.4) is 0 Å². The molecule has 1 amide bonds. The minimum atomic E-state index is -0.743. The Hall–Kier alpha value is -3.01. The molecule has 168 valence electrons. The van der Waals surface area contributed by atoms with Gasteiger partial charge < -0.3 is 21.1 Å². The summed E-state index contributed by atoms with van der Waals surface area (Å²) in [5.74, 6) is 0.132. The molecule has 1 aromatic heterocycles. The van der Waals surface area contributed by atoms with E-state index in [0.717, 1.165) is 5.56 Å². The van der Waals surface area contributed by atoms with E-state index < -0.39 is 11.4 Å². The topological polar surface area (TPSA) is 105 Å².